The third-order valence-corrected chi connectivity index (χ3v) is 4.83. The first-order valence-electron chi connectivity index (χ1n) is 8.76. The van der Waals surface area contributed by atoms with E-state index in [9.17, 15) is 0 Å². The van der Waals surface area contributed by atoms with Crippen LogP contribution in [0.2, 0.25) is 0 Å². The lowest BCUT2D eigenvalue weighted by molar-refractivity contribution is 0.395. The molecule has 128 valence electrons. The summed E-state index contributed by atoms with van der Waals surface area (Å²) in [5.41, 5.74) is 7.04. The van der Waals surface area contributed by atoms with Crippen LogP contribution in [0.15, 0.2) is 30.6 Å². The normalized spacial score (nSPS) is 13.5. The van der Waals surface area contributed by atoms with Crippen LogP contribution in [0.1, 0.15) is 35.4 Å². The molecule has 0 amide bonds. The van der Waals surface area contributed by atoms with Gasteiger partial charge in [0.05, 0.1) is 37.3 Å². The topological polar surface area (TPSA) is 59.9 Å². The van der Waals surface area contributed by atoms with Gasteiger partial charge in [-0.15, -0.1) is 0 Å². The smallest absolute Gasteiger partial charge is 0.231 e. The van der Waals surface area contributed by atoms with Crippen LogP contribution in [0.3, 0.4) is 0 Å². The van der Waals surface area contributed by atoms with E-state index in [1.54, 1.807) is 19.5 Å². The Morgan fingerprint density at radius 3 is 2.80 bits per heavy atom. The SMILES string of the molecule is COc1cnc(CNc2c3c(nc4c(C)cccc24)CCCC3)cn1. The molecule has 0 spiro atoms. The molecule has 2 aromatic heterocycles. The van der Waals surface area contributed by atoms with Crippen molar-refractivity contribution in [2.24, 2.45) is 0 Å². The highest BCUT2D eigenvalue weighted by Crippen LogP contribution is 2.34. The minimum absolute atomic E-state index is 0.533. The second-order valence-electron chi connectivity index (χ2n) is 6.49. The van der Waals surface area contributed by atoms with Crippen LogP contribution in [0, 0.1) is 6.92 Å². The van der Waals surface area contributed by atoms with Gasteiger partial charge in [0, 0.05) is 16.8 Å². The number of aromatic nitrogens is 3. The van der Waals surface area contributed by atoms with Gasteiger partial charge in [-0.1, -0.05) is 18.2 Å². The van der Waals surface area contributed by atoms with Crippen LogP contribution >= 0.6 is 0 Å². The van der Waals surface area contributed by atoms with Crippen molar-refractivity contribution in [2.75, 3.05) is 12.4 Å². The molecule has 0 fully saturated rings. The molecule has 3 aromatic rings. The van der Waals surface area contributed by atoms with Gasteiger partial charge in [0.25, 0.3) is 0 Å². The Kier molecular flexibility index (Phi) is 4.22. The summed E-state index contributed by atoms with van der Waals surface area (Å²) in [6.45, 7) is 2.76. The van der Waals surface area contributed by atoms with Gasteiger partial charge in [0.15, 0.2) is 0 Å². The molecule has 2 heterocycles. The van der Waals surface area contributed by atoms with E-state index in [1.807, 2.05) is 0 Å². The summed E-state index contributed by atoms with van der Waals surface area (Å²) in [4.78, 5) is 13.6. The molecule has 0 saturated carbocycles. The maximum Gasteiger partial charge on any atom is 0.231 e. The molecule has 5 heteroatoms. The van der Waals surface area contributed by atoms with Crippen LogP contribution in [0.4, 0.5) is 5.69 Å². The monoisotopic (exact) mass is 334 g/mol. The minimum Gasteiger partial charge on any atom is -0.480 e. The minimum atomic E-state index is 0.533. The van der Waals surface area contributed by atoms with Gasteiger partial charge < -0.3 is 10.1 Å². The molecule has 0 atom stereocenters. The van der Waals surface area contributed by atoms with E-state index >= 15 is 0 Å². The van der Waals surface area contributed by atoms with E-state index < -0.39 is 0 Å². The fraction of sp³-hybridized carbons (Fsp3) is 0.350. The summed E-state index contributed by atoms with van der Waals surface area (Å²) < 4.78 is 5.07. The van der Waals surface area contributed by atoms with Gasteiger partial charge >= 0.3 is 0 Å². The summed E-state index contributed by atoms with van der Waals surface area (Å²) in [7, 11) is 1.60. The quantitative estimate of drug-likeness (QED) is 0.786. The standard InChI is InChI=1S/C20H22N4O/c1-13-6-5-8-16-19(13)24-17-9-4-3-7-15(17)20(16)23-11-14-10-22-18(25-2)12-21-14/h5-6,8,10,12H,3-4,7,9,11H2,1-2H3,(H,23,24). The number of anilines is 1. The largest absolute Gasteiger partial charge is 0.480 e. The summed E-state index contributed by atoms with van der Waals surface area (Å²) in [5, 5.41) is 4.81. The van der Waals surface area contributed by atoms with E-state index in [1.165, 1.54) is 40.7 Å². The van der Waals surface area contributed by atoms with E-state index in [0.717, 1.165) is 24.1 Å². The van der Waals surface area contributed by atoms with Crippen molar-refractivity contribution in [3.63, 3.8) is 0 Å². The molecule has 1 aliphatic carbocycles. The lowest BCUT2D eigenvalue weighted by Crippen LogP contribution is -2.12. The van der Waals surface area contributed by atoms with Crippen molar-refractivity contribution in [3.05, 3.63) is 53.1 Å². The van der Waals surface area contributed by atoms with Crippen molar-refractivity contribution in [3.8, 4) is 5.88 Å². The van der Waals surface area contributed by atoms with E-state index in [4.69, 9.17) is 9.72 Å². The molecule has 0 bridgehead atoms. The number of aryl methyl sites for hydroxylation is 2. The first-order chi connectivity index (χ1) is 12.3. The number of para-hydroxylation sites is 1. The average molecular weight is 334 g/mol. The molecule has 0 radical (unpaired) electrons. The molecule has 4 rings (SSSR count). The van der Waals surface area contributed by atoms with Crippen molar-refractivity contribution in [1.29, 1.82) is 0 Å². The summed E-state index contributed by atoms with van der Waals surface area (Å²) in [5.74, 6) is 0.533. The summed E-state index contributed by atoms with van der Waals surface area (Å²) in [6.07, 6.45) is 8.01. The highest BCUT2D eigenvalue weighted by Gasteiger charge is 2.18. The van der Waals surface area contributed by atoms with Crippen LogP contribution in [0.25, 0.3) is 10.9 Å². The van der Waals surface area contributed by atoms with Gasteiger partial charge in [0.1, 0.15) is 0 Å². The number of ether oxygens (including phenoxy) is 1. The Morgan fingerprint density at radius 1 is 1.12 bits per heavy atom. The Balaban J connectivity index is 1.72. The number of nitrogens with one attached hydrogen (secondary N) is 1. The Hall–Kier alpha value is -2.69. The molecule has 0 aliphatic heterocycles. The van der Waals surface area contributed by atoms with Gasteiger partial charge in [-0.05, 0) is 43.7 Å². The molecule has 1 N–H and O–H groups in total. The van der Waals surface area contributed by atoms with Crippen LogP contribution in [-0.4, -0.2) is 22.1 Å². The first kappa shape index (κ1) is 15.8. The average Bonchev–Trinajstić information content (AvgIpc) is 2.66. The molecule has 1 aromatic carbocycles. The zero-order valence-corrected chi connectivity index (χ0v) is 14.7. The van der Waals surface area contributed by atoms with Gasteiger partial charge in [-0.3, -0.25) is 9.97 Å². The molecule has 0 saturated heterocycles. The number of fused-ring (bicyclic) bond motifs is 2. The molecular weight excluding hydrogens is 312 g/mol. The third-order valence-electron chi connectivity index (χ3n) is 4.83. The maximum atomic E-state index is 5.07. The van der Waals surface area contributed by atoms with Crippen molar-refractivity contribution in [2.45, 2.75) is 39.2 Å². The number of rotatable bonds is 4. The van der Waals surface area contributed by atoms with Crippen molar-refractivity contribution >= 4 is 16.6 Å². The lowest BCUT2D eigenvalue weighted by atomic mass is 9.92. The Labute approximate surface area is 147 Å². The number of methoxy groups -OCH3 is 1. The predicted molar refractivity (Wildman–Crippen MR) is 99.0 cm³/mol. The van der Waals surface area contributed by atoms with Crippen LogP contribution in [-0.2, 0) is 19.4 Å². The van der Waals surface area contributed by atoms with Crippen molar-refractivity contribution < 1.29 is 4.74 Å². The molecule has 0 unspecified atom stereocenters. The summed E-state index contributed by atoms with van der Waals surface area (Å²) >= 11 is 0. The highest BCUT2D eigenvalue weighted by atomic mass is 16.5. The van der Waals surface area contributed by atoms with Gasteiger partial charge in [0.2, 0.25) is 5.88 Å². The first-order valence-corrected chi connectivity index (χ1v) is 8.76. The molecule has 5 nitrogen and oxygen atoms in total. The van der Waals surface area contributed by atoms with E-state index in [0.29, 0.717) is 12.4 Å². The predicted octanol–water partition coefficient (Wildman–Crippen LogP) is 3.83. The number of hydrogen-bond acceptors (Lipinski definition) is 5. The zero-order valence-electron chi connectivity index (χ0n) is 14.7. The fourth-order valence-corrected chi connectivity index (χ4v) is 3.51. The van der Waals surface area contributed by atoms with Crippen molar-refractivity contribution in [1.82, 2.24) is 15.0 Å². The van der Waals surface area contributed by atoms with Gasteiger partial charge in [-0.25, -0.2) is 4.98 Å². The third kappa shape index (κ3) is 3.02. The molecule has 25 heavy (non-hydrogen) atoms. The highest BCUT2D eigenvalue weighted by molar-refractivity contribution is 5.95. The second kappa shape index (κ2) is 6.67. The second-order valence-corrected chi connectivity index (χ2v) is 6.49. The zero-order chi connectivity index (χ0) is 17.2. The van der Waals surface area contributed by atoms with Gasteiger partial charge in [-0.2, -0.15) is 0 Å². The lowest BCUT2D eigenvalue weighted by Gasteiger charge is -2.22. The van der Waals surface area contributed by atoms with E-state index in [-0.39, 0.29) is 0 Å². The van der Waals surface area contributed by atoms with Crippen LogP contribution in [0.5, 0.6) is 5.88 Å². The summed E-state index contributed by atoms with van der Waals surface area (Å²) in [6, 6.07) is 6.39. The number of pyridine rings is 1. The Morgan fingerprint density at radius 2 is 2.00 bits per heavy atom. The Bertz CT molecular complexity index is 906. The molecule has 1 aliphatic rings. The van der Waals surface area contributed by atoms with E-state index in [2.05, 4.69) is 40.4 Å². The maximum absolute atomic E-state index is 5.07. The van der Waals surface area contributed by atoms with Crippen LogP contribution < -0.4 is 10.1 Å². The number of nitrogens with zero attached hydrogens (tertiary/aromatic N) is 3. The molecular formula is C20H22N4O. The number of benzene rings is 1. The fourth-order valence-electron chi connectivity index (χ4n) is 3.51. The number of hydrogen-bond donors (Lipinski definition) is 1.